The molecule has 0 unspecified atom stereocenters. The first kappa shape index (κ1) is 13.6. The van der Waals surface area contributed by atoms with Crippen LogP contribution in [0.4, 0.5) is 0 Å². The van der Waals surface area contributed by atoms with Gasteiger partial charge in [0.2, 0.25) is 0 Å². The van der Waals surface area contributed by atoms with Gasteiger partial charge in [0.1, 0.15) is 0 Å². The summed E-state index contributed by atoms with van der Waals surface area (Å²) >= 11 is 0. The number of fused-ring (bicyclic) bond motifs is 1. The SMILES string of the molecule is O=C(NC1CCC(O)CC1)c1ccc2c(c1)CCNC2. The summed E-state index contributed by atoms with van der Waals surface area (Å²) in [6, 6.07) is 6.21. The molecule has 2 aliphatic rings. The first-order valence-electron chi connectivity index (χ1n) is 7.54. The number of benzene rings is 1. The fourth-order valence-electron chi connectivity index (χ4n) is 3.11. The Morgan fingerprint density at radius 1 is 1.20 bits per heavy atom. The molecule has 0 radical (unpaired) electrons. The standard InChI is InChI=1S/C16H22N2O2/c19-15-5-3-14(4-6-15)18-16(20)12-1-2-13-10-17-8-7-11(13)9-12/h1-2,9,14-15,17,19H,3-8,10H2,(H,18,20). The predicted molar refractivity (Wildman–Crippen MR) is 77.6 cm³/mol. The molecule has 1 fully saturated rings. The summed E-state index contributed by atoms with van der Waals surface area (Å²) in [5.74, 6) is 0.0210. The van der Waals surface area contributed by atoms with Crippen molar-refractivity contribution in [1.29, 1.82) is 0 Å². The molecule has 1 aromatic rings. The number of amides is 1. The zero-order valence-corrected chi connectivity index (χ0v) is 11.7. The summed E-state index contributed by atoms with van der Waals surface area (Å²) in [7, 11) is 0. The van der Waals surface area contributed by atoms with Gasteiger partial charge < -0.3 is 15.7 Å². The van der Waals surface area contributed by atoms with Gasteiger partial charge in [-0.1, -0.05) is 6.07 Å². The van der Waals surface area contributed by atoms with Crippen molar-refractivity contribution in [3.8, 4) is 0 Å². The lowest BCUT2D eigenvalue weighted by Gasteiger charge is -2.26. The van der Waals surface area contributed by atoms with Crippen molar-refractivity contribution in [2.24, 2.45) is 0 Å². The average Bonchev–Trinajstić information content (AvgIpc) is 2.49. The second kappa shape index (κ2) is 5.94. The molecule has 4 nitrogen and oxygen atoms in total. The number of carbonyl (C=O) groups is 1. The molecule has 0 bridgehead atoms. The topological polar surface area (TPSA) is 61.4 Å². The minimum Gasteiger partial charge on any atom is -0.393 e. The number of nitrogens with one attached hydrogen (secondary N) is 2. The van der Waals surface area contributed by atoms with E-state index in [-0.39, 0.29) is 18.1 Å². The van der Waals surface area contributed by atoms with Gasteiger partial charge in [-0.2, -0.15) is 0 Å². The highest BCUT2D eigenvalue weighted by Crippen LogP contribution is 2.20. The molecule has 1 amide bonds. The van der Waals surface area contributed by atoms with Crippen molar-refractivity contribution in [1.82, 2.24) is 10.6 Å². The van der Waals surface area contributed by atoms with E-state index in [4.69, 9.17) is 0 Å². The van der Waals surface area contributed by atoms with Crippen LogP contribution in [0.15, 0.2) is 18.2 Å². The molecular weight excluding hydrogens is 252 g/mol. The second-order valence-corrected chi connectivity index (χ2v) is 5.89. The monoisotopic (exact) mass is 274 g/mol. The third kappa shape index (κ3) is 3.02. The Hall–Kier alpha value is -1.39. The number of rotatable bonds is 2. The minimum atomic E-state index is -0.181. The third-order valence-electron chi connectivity index (χ3n) is 4.39. The number of hydrogen-bond acceptors (Lipinski definition) is 3. The van der Waals surface area contributed by atoms with E-state index in [1.54, 1.807) is 0 Å². The van der Waals surface area contributed by atoms with Crippen LogP contribution in [-0.2, 0) is 13.0 Å². The van der Waals surface area contributed by atoms with E-state index in [1.807, 2.05) is 12.1 Å². The Balaban J connectivity index is 1.65. The molecule has 0 aromatic heterocycles. The molecule has 1 aliphatic carbocycles. The first-order valence-corrected chi connectivity index (χ1v) is 7.54. The summed E-state index contributed by atoms with van der Waals surface area (Å²) in [4.78, 5) is 12.3. The van der Waals surface area contributed by atoms with E-state index in [2.05, 4.69) is 16.7 Å². The molecule has 4 heteroatoms. The van der Waals surface area contributed by atoms with E-state index >= 15 is 0 Å². The van der Waals surface area contributed by atoms with E-state index < -0.39 is 0 Å². The maximum absolute atomic E-state index is 12.3. The van der Waals surface area contributed by atoms with Crippen molar-refractivity contribution < 1.29 is 9.90 Å². The van der Waals surface area contributed by atoms with Crippen molar-refractivity contribution in [2.45, 2.75) is 50.8 Å². The maximum atomic E-state index is 12.3. The molecule has 108 valence electrons. The Morgan fingerprint density at radius 3 is 2.80 bits per heavy atom. The lowest BCUT2D eigenvalue weighted by molar-refractivity contribution is 0.0867. The van der Waals surface area contributed by atoms with Crippen LogP contribution in [0.1, 0.15) is 47.2 Å². The van der Waals surface area contributed by atoms with Crippen molar-refractivity contribution in [3.05, 3.63) is 34.9 Å². The Morgan fingerprint density at radius 2 is 2.00 bits per heavy atom. The lowest BCUT2D eigenvalue weighted by Crippen LogP contribution is -2.38. The van der Waals surface area contributed by atoms with Crippen LogP contribution in [0.3, 0.4) is 0 Å². The molecule has 0 spiro atoms. The van der Waals surface area contributed by atoms with E-state index in [1.165, 1.54) is 11.1 Å². The third-order valence-corrected chi connectivity index (χ3v) is 4.39. The zero-order chi connectivity index (χ0) is 13.9. The second-order valence-electron chi connectivity index (χ2n) is 5.89. The minimum absolute atomic E-state index is 0.0210. The summed E-state index contributed by atoms with van der Waals surface area (Å²) in [5.41, 5.74) is 3.35. The van der Waals surface area contributed by atoms with Gasteiger partial charge in [-0.05, 0) is 61.9 Å². The molecule has 1 saturated carbocycles. The molecule has 20 heavy (non-hydrogen) atoms. The molecule has 1 aliphatic heterocycles. The van der Waals surface area contributed by atoms with Gasteiger partial charge in [0.15, 0.2) is 0 Å². The quantitative estimate of drug-likeness (QED) is 0.763. The molecule has 1 aromatic carbocycles. The first-order chi connectivity index (χ1) is 9.72. The van der Waals surface area contributed by atoms with E-state index in [0.717, 1.165) is 50.8 Å². The number of aliphatic hydroxyl groups is 1. The largest absolute Gasteiger partial charge is 0.393 e. The fraction of sp³-hybridized carbons (Fsp3) is 0.562. The summed E-state index contributed by atoms with van der Waals surface area (Å²) in [5, 5.41) is 15.9. The zero-order valence-electron chi connectivity index (χ0n) is 11.7. The Labute approximate surface area is 119 Å². The van der Waals surface area contributed by atoms with Crippen LogP contribution < -0.4 is 10.6 Å². The van der Waals surface area contributed by atoms with Gasteiger partial charge in [-0.15, -0.1) is 0 Å². The van der Waals surface area contributed by atoms with Crippen molar-refractivity contribution in [3.63, 3.8) is 0 Å². The Bertz CT molecular complexity index is 493. The molecule has 0 saturated heterocycles. The maximum Gasteiger partial charge on any atom is 0.251 e. The molecular formula is C16H22N2O2. The highest BCUT2D eigenvalue weighted by Gasteiger charge is 2.21. The van der Waals surface area contributed by atoms with Crippen LogP contribution in [0.25, 0.3) is 0 Å². The van der Waals surface area contributed by atoms with Gasteiger partial charge in [-0.25, -0.2) is 0 Å². The molecule has 3 rings (SSSR count). The van der Waals surface area contributed by atoms with Crippen LogP contribution in [0, 0.1) is 0 Å². The summed E-state index contributed by atoms with van der Waals surface area (Å²) < 4.78 is 0. The van der Waals surface area contributed by atoms with Crippen LogP contribution >= 0.6 is 0 Å². The average molecular weight is 274 g/mol. The number of hydrogen-bond donors (Lipinski definition) is 3. The molecule has 3 N–H and O–H groups in total. The summed E-state index contributed by atoms with van der Waals surface area (Å²) in [6.45, 7) is 1.89. The Kier molecular flexibility index (Phi) is 4.03. The van der Waals surface area contributed by atoms with Crippen molar-refractivity contribution in [2.75, 3.05) is 6.54 Å². The van der Waals surface area contributed by atoms with Crippen LogP contribution in [0.5, 0.6) is 0 Å². The normalized spacial score (nSPS) is 25.9. The van der Waals surface area contributed by atoms with Gasteiger partial charge in [0, 0.05) is 18.2 Å². The molecule has 1 heterocycles. The van der Waals surface area contributed by atoms with Gasteiger partial charge in [-0.3, -0.25) is 4.79 Å². The summed E-state index contributed by atoms with van der Waals surface area (Å²) in [6.07, 6.45) is 4.15. The smallest absolute Gasteiger partial charge is 0.251 e. The predicted octanol–water partition coefficient (Wildman–Crippen LogP) is 1.37. The fourth-order valence-corrected chi connectivity index (χ4v) is 3.11. The van der Waals surface area contributed by atoms with E-state index in [0.29, 0.717) is 0 Å². The van der Waals surface area contributed by atoms with Crippen molar-refractivity contribution >= 4 is 5.91 Å². The number of aliphatic hydroxyl groups excluding tert-OH is 1. The number of carbonyl (C=O) groups excluding carboxylic acids is 1. The van der Waals surface area contributed by atoms with Gasteiger partial charge in [0.25, 0.3) is 5.91 Å². The van der Waals surface area contributed by atoms with Gasteiger partial charge in [0.05, 0.1) is 6.10 Å². The van der Waals surface area contributed by atoms with Crippen LogP contribution in [0.2, 0.25) is 0 Å². The highest BCUT2D eigenvalue weighted by atomic mass is 16.3. The van der Waals surface area contributed by atoms with Crippen LogP contribution in [-0.4, -0.2) is 29.7 Å². The van der Waals surface area contributed by atoms with Gasteiger partial charge >= 0.3 is 0 Å². The molecule has 0 atom stereocenters. The highest BCUT2D eigenvalue weighted by molar-refractivity contribution is 5.94. The lowest BCUT2D eigenvalue weighted by atomic mass is 9.92. The van der Waals surface area contributed by atoms with E-state index in [9.17, 15) is 9.90 Å².